The number of carbonyl (C=O) groups excluding carboxylic acids is 2. The van der Waals surface area contributed by atoms with Crippen molar-refractivity contribution >= 4 is 28.2 Å². The topological polar surface area (TPSA) is 73.9 Å². The lowest BCUT2D eigenvalue weighted by Gasteiger charge is -2.11. The summed E-state index contributed by atoms with van der Waals surface area (Å²) in [6, 6.07) is 13.6. The maximum Gasteiger partial charge on any atom is 0.341 e. The third kappa shape index (κ3) is 6.60. The van der Waals surface area contributed by atoms with Gasteiger partial charge < -0.3 is 19.5 Å². The van der Waals surface area contributed by atoms with Crippen LogP contribution in [0.4, 0.5) is 5.00 Å². The minimum Gasteiger partial charge on any atom is -0.494 e. The Morgan fingerprint density at radius 2 is 1.74 bits per heavy atom. The number of benzene rings is 2. The van der Waals surface area contributed by atoms with Crippen molar-refractivity contribution in [1.29, 1.82) is 0 Å². The Labute approximate surface area is 204 Å². The highest BCUT2D eigenvalue weighted by Gasteiger charge is 2.22. The third-order valence-corrected chi connectivity index (χ3v) is 6.04. The van der Waals surface area contributed by atoms with Crippen LogP contribution < -0.4 is 14.8 Å². The van der Waals surface area contributed by atoms with Gasteiger partial charge in [-0.25, -0.2) is 4.79 Å². The van der Waals surface area contributed by atoms with Crippen molar-refractivity contribution in [2.75, 3.05) is 25.1 Å². The van der Waals surface area contributed by atoms with Crippen LogP contribution in [0.5, 0.6) is 11.5 Å². The molecule has 0 aliphatic heterocycles. The second kappa shape index (κ2) is 12.2. The average Bonchev–Trinajstić information content (AvgIpc) is 3.23. The molecule has 0 spiro atoms. The van der Waals surface area contributed by atoms with E-state index in [1.54, 1.807) is 6.92 Å². The van der Waals surface area contributed by atoms with Crippen LogP contribution in [-0.2, 0) is 9.53 Å². The molecule has 0 bridgehead atoms. The first kappa shape index (κ1) is 25.3. The van der Waals surface area contributed by atoms with E-state index in [2.05, 4.69) is 5.32 Å². The number of aryl methyl sites for hydroxylation is 2. The van der Waals surface area contributed by atoms with E-state index >= 15 is 0 Å². The molecule has 0 unspecified atom stereocenters. The highest BCUT2D eigenvalue weighted by atomic mass is 32.1. The van der Waals surface area contributed by atoms with Gasteiger partial charge in [0.25, 0.3) is 0 Å². The number of nitrogens with one attached hydrogen (secondary N) is 1. The molecule has 7 heteroatoms. The molecule has 3 rings (SSSR count). The summed E-state index contributed by atoms with van der Waals surface area (Å²) in [5.41, 5.74) is 4.14. The van der Waals surface area contributed by atoms with Gasteiger partial charge in [-0.2, -0.15) is 0 Å². The van der Waals surface area contributed by atoms with Crippen molar-refractivity contribution in [1.82, 2.24) is 0 Å². The fraction of sp³-hybridized carbons (Fsp3) is 0.333. The van der Waals surface area contributed by atoms with Gasteiger partial charge in [0, 0.05) is 17.4 Å². The van der Waals surface area contributed by atoms with Gasteiger partial charge in [0.15, 0.2) is 0 Å². The maximum absolute atomic E-state index is 12.7. The predicted octanol–water partition coefficient (Wildman–Crippen LogP) is 6.41. The molecule has 1 amide bonds. The van der Waals surface area contributed by atoms with Crippen molar-refractivity contribution < 1.29 is 23.8 Å². The Balaban J connectivity index is 1.66. The number of amides is 1. The van der Waals surface area contributed by atoms with E-state index in [1.165, 1.54) is 11.3 Å². The van der Waals surface area contributed by atoms with E-state index in [0.29, 0.717) is 30.2 Å². The lowest BCUT2D eigenvalue weighted by Crippen LogP contribution is -2.15. The number of esters is 1. The van der Waals surface area contributed by atoms with E-state index < -0.39 is 5.97 Å². The standard InChI is InChI=1S/C27H31NO5S/c1-5-31-21-13-11-20(12-14-21)22-17-34-26(25(22)27(30)32-6-2)28-24(29)8-7-15-33-23-16-18(3)9-10-19(23)4/h9-14,16-17H,5-8,15H2,1-4H3,(H,28,29). The zero-order chi connectivity index (χ0) is 24.5. The van der Waals surface area contributed by atoms with E-state index in [-0.39, 0.29) is 18.9 Å². The molecule has 3 aromatic rings. The Hall–Kier alpha value is -3.32. The van der Waals surface area contributed by atoms with E-state index in [4.69, 9.17) is 14.2 Å². The Bertz CT molecular complexity index is 1120. The summed E-state index contributed by atoms with van der Waals surface area (Å²) in [6.07, 6.45) is 0.842. The van der Waals surface area contributed by atoms with Crippen LogP contribution in [0.1, 0.15) is 48.2 Å². The molecule has 0 fully saturated rings. The van der Waals surface area contributed by atoms with Crippen molar-refractivity contribution in [2.45, 2.75) is 40.5 Å². The summed E-state index contributed by atoms with van der Waals surface area (Å²) in [7, 11) is 0. The molecule has 6 nitrogen and oxygen atoms in total. The van der Waals surface area contributed by atoms with E-state index in [1.807, 2.05) is 68.6 Å². The van der Waals surface area contributed by atoms with Gasteiger partial charge in [-0.15, -0.1) is 11.3 Å². The molecule has 180 valence electrons. The highest BCUT2D eigenvalue weighted by Crippen LogP contribution is 2.37. The maximum atomic E-state index is 12.7. The molecule has 34 heavy (non-hydrogen) atoms. The lowest BCUT2D eigenvalue weighted by molar-refractivity contribution is -0.116. The van der Waals surface area contributed by atoms with Gasteiger partial charge in [-0.1, -0.05) is 24.3 Å². The van der Waals surface area contributed by atoms with Crippen LogP contribution >= 0.6 is 11.3 Å². The first-order valence-corrected chi connectivity index (χ1v) is 12.3. The van der Waals surface area contributed by atoms with Gasteiger partial charge in [-0.05, 0) is 69.0 Å². The largest absolute Gasteiger partial charge is 0.494 e. The average molecular weight is 482 g/mol. The van der Waals surface area contributed by atoms with Gasteiger partial charge in [0.05, 0.1) is 19.8 Å². The Kier molecular flexibility index (Phi) is 9.10. The summed E-state index contributed by atoms with van der Waals surface area (Å²) >= 11 is 1.31. The fourth-order valence-corrected chi connectivity index (χ4v) is 4.41. The number of rotatable bonds is 11. The Morgan fingerprint density at radius 1 is 0.971 bits per heavy atom. The summed E-state index contributed by atoms with van der Waals surface area (Å²) in [4.78, 5) is 25.3. The molecule has 2 aromatic carbocycles. The van der Waals surface area contributed by atoms with Crippen LogP contribution in [0.25, 0.3) is 11.1 Å². The normalized spacial score (nSPS) is 10.6. The summed E-state index contributed by atoms with van der Waals surface area (Å²) in [6.45, 7) is 8.97. The second-order valence-electron chi connectivity index (χ2n) is 7.80. The lowest BCUT2D eigenvalue weighted by atomic mass is 10.0. The number of hydrogen-bond acceptors (Lipinski definition) is 6. The Morgan fingerprint density at radius 3 is 2.44 bits per heavy atom. The SMILES string of the molecule is CCOC(=O)c1c(-c2ccc(OCC)cc2)csc1NC(=O)CCCOc1cc(C)ccc1C. The molecular formula is C27H31NO5S. The monoisotopic (exact) mass is 481 g/mol. The first-order valence-electron chi connectivity index (χ1n) is 11.4. The number of ether oxygens (including phenoxy) is 3. The van der Waals surface area contributed by atoms with Crippen LogP contribution in [0, 0.1) is 13.8 Å². The van der Waals surface area contributed by atoms with Gasteiger partial charge in [0.1, 0.15) is 22.1 Å². The quantitative estimate of drug-likeness (QED) is 0.253. The van der Waals surface area contributed by atoms with Crippen molar-refractivity contribution in [3.05, 3.63) is 64.5 Å². The molecule has 1 aromatic heterocycles. The van der Waals surface area contributed by atoms with Gasteiger partial charge in [-0.3, -0.25) is 4.79 Å². The number of hydrogen-bond donors (Lipinski definition) is 1. The van der Waals surface area contributed by atoms with Gasteiger partial charge >= 0.3 is 5.97 Å². The number of anilines is 1. The molecule has 0 radical (unpaired) electrons. The summed E-state index contributed by atoms with van der Waals surface area (Å²) in [5.74, 6) is 0.968. The second-order valence-corrected chi connectivity index (χ2v) is 8.68. The fourth-order valence-electron chi connectivity index (χ4n) is 3.43. The smallest absolute Gasteiger partial charge is 0.341 e. The van der Waals surface area contributed by atoms with E-state index in [0.717, 1.165) is 33.8 Å². The first-order chi connectivity index (χ1) is 16.4. The zero-order valence-corrected chi connectivity index (χ0v) is 20.9. The van der Waals surface area contributed by atoms with Crippen LogP contribution in [-0.4, -0.2) is 31.7 Å². The minimum absolute atomic E-state index is 0.171. The zero-order valence-electron chi connectivity index (χ0n) is 20.1. The molecule has 0 saturated heterocycles. The van der Waals surface area contributed by atoms with Crippen molar-refractivity contribution in [3.8, 4) is 22.6 Å². The highest BCUT2D eigenvalue weighted by molar-refractivity contribution is 7.15. The summed E-state index contributed by atoms with van der Waals surface area (Å²) in [5, 5.41) is 5.24. The number of thiophene rings is 1. The molecule has 0 atom stereocenters. The molecule has 0 aliphatic carbocycles. The number of carbonyl (C=O) groups is 2. The van der Waals surface area contributed by atoms with Crippen molar-refractivity contribution in [3.63, 3.8) is 0 Å². The molecule has 0 aliphatic rings. The summed E-state index contributed by atoms with van der Waals surface area (Å²) < 4.78 is 16.6. The van der Waals surface area contributed by atoms with Crippen LogP contribution in [0.2, 0.25) is 0 Å². The van der Waals surface area contributed by atoms with Crippen LogP contribution in [0.15, 0.2) is 47.8 Å². The molecular weight excluding hydrogens is 450 g/mol. The van der Waals surface area contributed by atoms with Crippen LogP contribution in [0.3, 0.4) is 0 Å². The molecule has 0 saturated carbocycles. The molecule has 1 heterocycles. The van der Waals surface area contributed by atoms with E-state index in [9.17, 15) is 9.59 Å². The predicted molar refractivity (Wildman–Crippen MR) is 136 cm³/mol. The van der Waals surface area contributed by atoms with Gasteiger partial charge in [0.2, 0.25) is 5.91 Å². The van der Waals surface area contributed by atoms with Crippen molar-refractivity contribution in [2.24, 2.45) is 0 Å². The third-order valence-electron chi connectivity index (χ3n) is 5.15. The molecule has 1 N–H and O–H groups in total. The minimum atomic E-state index is -0.457.